The zero-order valence-electron chi connectivity index (χ0n) is 12.9. The third kappa shape index (κ3) is 4.08. The van der Waals surface area contributed by atoms with Crippen LogP contribution in [0.3, 0.4) is 0 Å². The minimum absolute atomic E-state index is 0. The van der Waals surface area contributed by atoms with E-state index in [4.69, 9.17) is 23.2 Å². The molecule has 0 aliphatic carbocycles. The molecule has 2 heterocycles. The van der Waals surface area contributed by atoms with Crippen molar-refractivity contribution in [2.75, 3.05) is 39.3 Å². The maximum absolute atomic E-state index is 6.34. The van der Waals surface area contributed by atoms with E-state index < -0.39 is 0 Å². The Morgan fingerprint density at radius 3 is 2.55 bits per heavy atom. The molecule has 2 atom stereocenters. The molecule has 22 heavy (non-hydrogen) atoms. The second-order valence-electron chi connectivity index (χ2n) is 6.06. The molecule has 0 bridgehead atoms. The van der Waals surface area contributed by atoms with Gasteiger partial charge in [0.05, 0.1) is 0 Å². The van der Waals surface area contributed by atoms with E-state index >= 15 is 0 Å². The van der Waals surface area contributed by atoms with Crippen LogP contribution in [0, 0.1) is 0 Å². The van der Waals surface area contributed by atoms with Crippen molar-refractivity contribution in [2.24, 2.45) is 0 Å². The predicted molar refractivity (Wildman–Crippen MR) is 96.5 cm³/mol. The molecule has 0 spiro atoms. The highest BCUT2D eigenvalue weighted by atomic mass is 35.5. The number of hydrogen-bond donors (Lipinski definition) is 1. The first-order chi connectivity index (χ1) is 10.1. The maximum atomic E-state index is 6.34. The van der Waals surface area contributed by atoms with Crippen LogP contribution in [0.1, 0.15) is 24.9 Å². The number of nitrogens with one attached hydrogen (secondary N) is 1. The normalized spacial score (nSPS) is 25.0. The van der Waals surface area contributed by atoms with E-state index in [-0.39, 0.29) is 12.4 Å². The fourth-order valence-corrected chi connectivity index (χ4v) is 3.93. The fraction of sp³-hybridized carbons (Fsp3) is 0.625. The second kappa shape index (κ2) is 8.18. The van der Waals surface area contributed by atoms with Crippen molar-refractivity contribution >= 4 is 35.6 Å². The number of hydrogen-bond acceptors (Lipinski definition) is 3. The lowest BCUT2D eigenvalue weighted by molar-refractivity contribution is 0.0787. The molecule has 2 unspecified atom stereocenters. The van der Waals surface area contributed by atoms with E-state index in [0.717, 1.165) is 54.4 Å². The van der Waals surface area contributed by atoms with Crippen molar-refractivity contribution in [3.63, 3.8) is 0 Å². The van der Waals surface area contributed by atoms with E-state index in [1.807, 2.05) is 18.2 Å². The van der Waals surface area contributed by atoms with Crippen LogP contribution in [0.25, 0.3) is 0 Å². The monoisotopic (exact) mass is 363 g/mol. The molecule has 2 saturated heterocycles. The van der Waals surface area contributed by atoms with Gasteiger partial charge in [-0.1, -0.05) is 23.2 Å². The molecule has 3 nitrogen and oxygen atoms in total. The third-order valence-corrected chi connectivity index (χ3v) is 5.43. The van der Waals surface area contributed by atoms with E-state index in [2.05, 4.69) is 22.0 Å². The summed E-state index contributed by atoms with van der Waals surface area (Å²) in [4.78, 5) is 5.14. The molecule has 0 saturated carbocycles. The summed E-state index contributed by atoms with van der Waals surface area (Å²) in [5.41, 5.74) is 1.14. The summed E-state index contributed by atoms with van der Waals surface area (Å²) >= 11 is 12.5. The van der Waals surface area contributed by atoms with Crippen LogP contribution in [-0.4, -0.2) is 55.1 Å². The summed E-state index contributed by atoms with van der Waals surface area (Å²) in [6, 6.07) is 6.81. The summed E-state index contributed by atoms with van der Waals surface area (Å²) in [5, 5.41) is 5.03. The van der Waals surface area contributed by atoms with Gasteiger partial charge in [-0.3, -0.25) is 9.80 Å². The van der Waals surface area contributed by atoms with Crippen molar-refractivity contribution in [2.45, 2.75) is 25.4 Å². The Kier molecular flexibility index (Phi) is 6.81. The molecule has 2 aliphatic rings. The second-order valence-corrected chi connectivity index (χ2v) is 6.90. The number of halogens is 3. The average molecular weight is 365 g/mol. The smallest absolute Gasteiger partial charge is 0.0454 e. The van der Waals surface area contributed by atoms with E-state index in [0.29, 0.717) is 6.04 Å². The summed E-state index contributed by atoms with van der Waals surface area (Å²) in [6.07, 6.45) is 1.29. The van der Waals surface area contributed by atoms with Crippen molar-refractivity contribution in [1.29, 1.82) is 0 Å². The molecule has 2 aliphatic heterocycles. The van der Waals surface area contributed by atoms with Crippen LogP contribution in [0.2, 0.25) is 10.0 Å². The van der Waals surface area contributed by atoms with Gasteiger partial charge in [-0.15, -0.1) is 12.4 Å². The van der Waals surface area contributed by atoms with E-state index in [1.54, 1.807) is 0 Å². The SMILES string of the molecule is CC(c1cc(Cl)ccc1Cl)N1CCN(C2CCNC2)CC1.Cl. The minimum Gasteiger partial charge on any atom is -0.315 e. The Labute approximate surface area is 149 Å². The van der Waals surface area contributed by atoms with Gasteiger partial charge < -0.3 is 5.32 Å². The quantitative estimate of drug-likeness (QED) is 0.886. The van der Waals surface area contributed by atoms with Crippen molar-refractivity contribution in [1.82, 2.24) is 15.1 Å². The topological polar surface area (TPSA) is 18.5 Å². The lowest BCUT2D eigenvalue weighted by atomic mass is 10.1. The van der Waals surface area contributed by atoms with Gasteiger partial charge in [0.15, 0.2) is 0 Å². The summed E-state index contributed by atoms with van der Waals surface area (Å²) in [7, 11) is 0. The molecular weight excluding hydrogens is 341 g/mol. The average Bonchev–Trinajstić information content (AvgIpc) is 3.03. The largest absolute Gasteiger partial charge is 0.315 e. The first-order valence-electron chi connectivity index (χ1n) is 7.79. The summed E-state index contributed by atoms with van der Waals surface area (Å²) in [6.45, 7) is 9.03. The number of piperazine rings is 1. The van der Waals surface area contributed by atoms with Gasteiger partial charge in [0.1, 0.15) is 0 Å². The van der Waals surface area contributed by atoms with Crippen LogP contribution in [-0.2, 0) is 0 Å². The lowest BCUT2D eigenvalue weighted by Crippen LogP contribution is -2.51. The molecular formula is C16H24Cl3N3. The van der Waals surface area contributed by atoms with E-state index in [1.165, 1.54) is 13.0 Å². The highest BCUT2D eigenvalue weighted by molar-refractivity contribution is 6.33. The summed E-state index contributed by atoms with van der Waals surface area (Å²) in [5.74, 6) is 0. The van der Waals surface area contributed by atoms with Gasteiger partial charge in [0.2, 0.25) is 0 Å². The molecule has 124 valence electrons. The standard InChI is InChI=1S/C16H23Cl2N3.ClH/c1-12(15-10-13(17)2-3-16(15)18)20-6-8-21(9-7-20)14-4-5-19-11-14;/h2-3,10,12,14,19H,4-9,11H2,1H3;1H. The lowest BCUT2D eigenvalue weighted by Gasteiger charge is -2.40. The fourth-order valence-electron chi connectivity index (χ4n) is 3.47. The Hall–Kier alpha value is -0.0300. The van der Waals surface area contributed by atoms with Gasteiger partial charge in [0, 0.05) is 54.9 Å². The highest BCUT2D eigenvalue weighted by Gasteiger charge is 2.28. The van der Waals surface area contributed by atoms with Gasteiger partial charge in [0.25, 0.3) is 0 Å². The number of rotatable bonds is 3. The Balaban J connectivity index is 0.00000176. The minimum atomic E-state index is 0. The van der Waals surface area contributed by atoms with Crippen LogP contribution in [0.4, 0.5) is 0 Å². The molecule has 0 radical (unpaired) electrons. The van der Waals surface area contributed by atoms with Crippen LogP contribution >= 0.6 is 35.6 Å². The molecule has 0 amide bonds. The molecule has 0 aromatic heterocycles. The van der Waals surface area contributed by atoms with Crippen molar-refractivity contribution < 1.29 is 0 Å². The Morgan fingerprint density at radius 2 is 1.91 bits per heavy atom. The molecule has 3 rings (SSSR count). The van der Waals surface area contributed by atoms with Crippen LogP contribution < -0.4 is 5.32 Å². The third-order valence-electron chi connectivity index (χ3n) is 4.86. The van der Waals surface area contributed by atoms with E-state index in [9.17, 15) is 0 Å². The van der Waals surface area contributed by atoms with Gasteiger partial charge in [-0.05, 0) is 43.7 Å². The Bertz CT molecular complexity index is 484. The van der Waals surface area contributed by atoms with Crippen molar-refractivity contribution in [3.8, 4) is 0 Å². The molecule has 6 heteroatoms. The highest BCUT2D eigenvalue weighted by Crippen LogP contribution is 2.30. The predicted octanol–water partition coefficient (Wildman–Crippen LogP) is 3.46. The zero-order valence-corrected chi connectivity index (χ0v) is 15.2. The zero-order chi connectivity index (χ0) is 14.8. The summed E-state index contributed by atoms with van der Waals surface area (Å²) < 4.78 is 0. The van der Waals surface area contributed by atoms with Gasteiger partial charge in [-0.2, -0.15) is 0 Å². The molecule has 2 fully saturated rings. The van der Waals surface area contributed by atoms with Gasteiger partial charge >= 0.3 is 0 Å². The van der Waals surface area contributed by atoms with Crippen LogP contribution in [0.15, 0.2) is 18.2 Å². The maximum Gasteiger partial charge on any atom is 0.0454 e. The first kappa shape index (κ1) is 18.3. The number of nitrogens with zero attached hydrogens (tertiary/aromatic N) is 2. The van der Waals surface area contributed by atoms with Gasteiger partial charge in [-0.25, -0.2) is 0 Å². The Morgan fingerprint density at radius 1 is 1.18 bits per heavy atom. The molecule has 1 N–H and O–H groups in total. The molecule has 1 aromatic carbocycles. The van der Waals surface area contributed by atoms with Crippen LogP contribution in [0.5, 0.6) is 0 Å². The first-order valence-corrected chi connectivity index (χ1v) is 8.54. The van der Waals surface area contributed by atoms with Crippen molar-refractivity contribution in [3.05, 3.63) is 33.8 Å². The number of benzene rings is 1. The molecule has 1 aromatic rings.